The van der Waals surface area contributed by atoms with Gasteiger partial charge in [0.1, 0.15) is 5.82 Å². The smallest absolute Gasteiger partial charge is 0.354 e. The van der Waals surface area contributed by atoms with Crippen molar-refractivity contribution in [1.82, 2.24) is 4.98 Å². The minimum absolute atomic E-state index is 0.0928. The average molecular weight is 311 g/mol. The standard InChI is InChI=1S/C18H21N3O2/c1-20(2)14-7-3-6-13(12-14)16-9-5-11-21(16)17-10-4-8-15(19-17)18(22)23/h3-4,6-8,10,12,16H,5,9,11H2,1-2H3,(H,22,23). The van der Waals surface area contributed by atoms with E-state index >= 15 is 0 Å². The normalized spacial score (nSPS) is 17.3. The highest BCUT2D eigenvalue weighted by molar-refractivity contribution is 5.85. The van der Waals surface area contributed by atoms with E-state index in [1.165, 1.54) is 17.3 Å². The summed E-state index contributed by atoms with van der Waals surface area (Å²) in [5.41, 5.74) is 2.51. The van der Waals surface area contributed by atoms with Crippen LogP contribution < -0.4 is 9.80 Å². The van der Waals surface area contributed by atoms with Crippen molar-refractivity contribution in [2.24, 2.45) is 0 Å². The number of aromatic carboxylic acids is 1. The number of carbonyl (C=O) groups is 1. The van der Waals surface area contributed by atoms with Crippen LogP contribution in [0, 0.1) is 0 Å². The van der Waals surface area contributed by atoms with Crippen LogP contribution >= 0.6 is 0 Å². The van der Waals surface area contributed by atoms with E-state index in [1.54, 1.807) is 6.07 Å². The predicted molar refractivity (Wildman–Crippen MR) is 91.3 cm³/mol. The van der Waals surface area contributed by atoms with Crippen LogP contribution in [0.1, 0.15) is 34.9 Å². The van der Waals surface area contributed by atoms with Crippen LogP contribution in [0.25, 0.3) is 0 Å². The van der Waals surface area contributed by atoms with Crippen LogP contribution in [0.4, 0.5) is 11.5 Å². The highest BCUT2D eigenvalue weighted by atomic mass is 16.4. The lowest BCUT2D eigenvalue weighted by Crippen LogP contribution is -2.24. The molecule has 1 aliphatic rings. The zero-order valence-electron chi connectivity index (χ0n) is 13.4. The molecule has 1 aromatic heterocycles. The molecule has 1 fully saturated rings. The second kappa shape index (κ2) is 6.28. The van der Waals surface area contributed by atoms with Gasteiger partial charge in [-0.3, -0.25) is 0 Å². The van der Waals surface area contributed by atoms with E-state index in [0.29, 0.717) is 0 Å². The van der Waals surface area contributed by atoms with E-state index in [0.717, 1.165) is 25.2 Å². The van der Waals surface area contributed by atoms with Crippen LogP contribution in [0.15, 0.2) is 42.5 Å². The summed E-state index contributed by atoms with van der Waals surface area (Å²) >= 11 is 0. The van der Waals surface area contributed by atoms with Crippen molar-refractivity contribution in [2.45, 2.75) is 18.9 Å². The quantitative estimate of drug-likeness (QED) is 0.940. The van der Waals surface area contributed by atoms with Crippen LogP contribution in [-0.4, -0.2) is 36.7 Å². The molecule has 23 heavy (non-hydrogen) atoms. The van der Waals surface area contributed by atoms with Gasteiger partial charge in [0.05, 0.1) is 6.04 Å². The van der Waals surface area contributed by atoms with Gasteiger partial charge in [0, 0.05) is 26.3 Å². The Hall–Kier alpha value is -2.56. The van der Waals surface area contributed by atoms with Crippen LogP contribution in [0.5, 0.6) is 0 Å². The monoisotopic (exact) mass is 311 g/mol. The number of pyridine rings is 1. The molecule has 0 saturated carbocycles. The van der Waals surface area contributed by atoms with E-state index in [9.17, 15) is 4.79 Å². The van der Waals surface area contributed by atoms with Gasteiger partial charge in [0.2, 0.25) is 0 Å². The van der Waals surface area contributed by atoms with Gasteiger partial charge in [0.25, 0.3) is 0 Å². The molecule has 3 rings (SSSR count). The lowest BCUT2D eigenvalue weighted by molar-refractivity contribution is 0.0690. The van der Waals surface area contributed by atoms with E-state index in [1.807, 2.05) is 20.2 Å². The lowest BCUT2D eigenvalue weighted by Gasteiger charge is -2.27. The van der Waals surface area contributed by atoms with Crippen molar-refractivity contribution in [3.63, 3.8) is 0 Å². The van der Waals surface area contributed by atoms with Gasteiger partial charge in [-0.2, -0.15) is 0 Å². The van der Waals surface area contributed by atoms with Crippen molar-refractivity contribution in [3.05, 3.63) is 53.7 Å². The van der Waals surface area contributed by atoms with Gasteiger partial charge < -0.3 is 14.9 Å². The fourth-order valence-electron chi connectivity index (χ4n) is 3.10. The zero-order valence-corrected chi connectivity index (χ0v) is 13.4. The molecular formula is C18H21N3O2. The van der Waals surface area contributed by atoms with Crippen LogP contribution in [0.2, 0.25) is 0 Å². The maximum absolute atomic E-state index is 11.2. The summed E-state index contributed by atoms with van der Waals surface area (Å²) in [6.45, 7) is 0.896. The number of rotatable bonds is 4. The number of carboxylic acids is 1. The molecule has 5 nitrogen and oxygen atoms in total. The van der Waals surface area contributed by atoms with Gasteiger partial charge >= 0.3 is 5.97 Å². The van der Waals surface area contributed by atoms with Gasteiger partial charge in [-0.15, -0.1) is 0 Å². The van der Waals surface area contributed by atoms with Gasteiger partial charge in [0.15, 0.2) is 5.69 Å². The highest BCUT2D eigenvalue weighted by Gasteiger charge is 2.27. The molecule has 1 atom stereocenters. The van der Waals surface area contributed by atoms with Crippen molar-refractivity contribution < 1.29 is 9.90 Å². The Morgan fingerprint density at radius 1 is 1.26 bits per heavy atom. The van der Waals surface area contributed by atoms with Crippen LogP contribution in [-0.2, 0) is 0 Å². The molecule has 0 amide bonds. The summed E-state index contributed by atoms with van der Waals surface area (Å²) in [6, 6.07) is 13.9. The number of aromatic nitrogens is 1. The first kappa shape index (κ1) is 15.3. The first-order valence-corrected chi connectivity index (χ1v) is 7.80. The summed E-state index contributed by atoms with van der Waals surface area (Å²) in [7, 11) is 4.06. The summed E-state index contributed by atoms with van der Waals surface area (Å²) < 4.78 is 0. The second-order valence-electron chi connectivity index (χ2n) is 6.03. The molecular weight excluding hydrogens is 290 g/mol. The SMILES string of the molecule is CN(C)c1cccc(C2CCCN2c2cccc(C(=O)O)n2)c1. The molecule has 1 saturated heterocycles. The van der Waals surface area contributed by atoms with Crippen molar-refractivity contribution in [3.8, 4) is 0 Å². The number of benzene rings is 1. The lowest BCUT2D eigenvalue weighted by atomic mass is 10.0. The van der Waals surface area contributed by atoms with E-state index in [4.69, 9.17) is 5.11 Å². The Balaban J connectivity index is 1.93. The third-order valence-corrected chi connectivity index (χ3v) is 4.27. The number of nitrogens with zero attached hydrogens (tertiary/aromatic N) is 3. The Kier molecular flexibility index (Phi) is 4.19. The number of anilines is 2. The van der Waals surface area contributed by atoms with Gasteiger partial charge in [-0.05, 0) is 42.7 Å². The molecule has 0 spiro atoms. The molecule has 1 aromatic carbocycles. The Bertz CT molecular complexity index is 715. The van der Waals surface area contributed by atoms with E-state index < -0.39 is 5.97 Å². The van der Waals surface area contributed by atoms with E-state index in [2.05, 4.69) is 39.0 Å². The molecule has 0 radical (unpaired) electrons. The average Bonchev–Trinajstić information content (AvgIpc) is 3.04. The Morgan fingerprint density at radius 3 is 2.78 bits per heavy atom. The molecule has 5 heteroatoms. The number of hydrogen-bond donors (Lipinski definition) is 1. The fourth-order valence-corrected chi connectivity index (χ4v) is 3.10. The summed E-state index contributed by atoms with van der Waals surface area (Å²) in [6.07, 6.45) is 2.13. The summed E-state index contributed by atoms with van der Waals surface area (Å²) in [5.74, 6) is -0.250. The summed E-state index contributed by atoms with van der Waals surface area (Å²) in [5, 5.41) is 9.15. The molecule has 0 aliphatic carbocycles. The molecule has 1 unspecified atom stereocenters. The zero-order chi connectivity index (χ0) is 16.4. The molecule has 1 aliphatic heterocycles. The van der Waals surface area contributed by atoms with E-state index in [-0.39, 0.29) is 11.7 Å². The summed E-state index contributed by atoms with van der Waals surface area (Å²) in [4.78, 5) is 19.8. The maximum atomic E-state index is 11.2. The Labute approximate surface area is 136 Å². The van der Waals surface area contributed by atoms with Crippen molar-refractivity contribution >= 4 is 17.5 Å². The minimum atomic E-state index is -0.989. The van der Waals surface area contributed by atoms with Crippen molar-refractivity contribution in [1.29, 1.82) is 0 Å². The minimum Gasteiger partial charge on any atom is -0.477 e. The second-order valence-corrected chi connectivity index (χ2v) is 6.03. The topological polar surface area (TPSA) is 56.7 Å². The molecule has 1 N–H and O–H groups in total. The third-order valence-electron chi connectivity index (χ3n) is 4.27. The van der Waals surface area contributed by atoms with Crippen LogP contribution in [0.3, 0.4) is 0 Å². The largest absolute Gasteiger partial charge is 0.477 e. The van der Waals surface area contributed by atoms with Gasteiger partial charge in [-0.1, -0.05) is 18.2 Å². The molecule has 2 aromatic rings. The molecule has 0 bridgehead atoms. The molecule has 2 heterocycles. The van der Waals surface area contributed by atoms with Crippen molar-refractivity contribution in [2.75, 3.05) is 30.4 Å². The maximum Gasteiger partial charge on any atom is 0.354 e. The fraction of sp³-hybridized carbons (Fsp3) is 0.333. The first-order valence-electron chi connectivity index (χ1n) is 7.80. The number of hydrogen-bond acceptors (Lipinski definition) is 4. The Morgan fingerprint density at radius 2 is 2.04 bits per heavy atom. The van der Waals surface area contributed by atoms with Gasteiger partial charge in [-0.25, -0.2) is 9.78 Å². The third kappa shape index (κ3) is 3.13. The number of carboxylic acid groups (broad SMARTS) is 1. The predicted octanol–water partition coefficient (Wildman–Crippen LogP) is 3.19. The first-order chi connectivity index (χ1) is 11.1. The highest BCUT2D eigenvalue weighted by Crippen LogP contribution is 2.36. The molecule has 120 valence electrons.